The predicted octanol–water partition coefficient (Wildman–Crippen LogP) is 1.78. The van der Waals surface area contributed by atoms with E-state index in [0.29, 0.717) is 19.7 Å². The summed E-state index contributed by atoms with van der Waals surface area (Å²) >= 11 is 0. The molecule has 1 saturated heterocycles. The first-order valence-corrected chi connectivity index (χ1v) is 8.58. The number of carbonyl (C=O) groups excluding carboxylic acids is 1. The van der Waals surface area contributed by atoms with E-state index in [1.807, 2.05) is 18.2 Å². The largest absolute Gasteiger partial charge is 0.374 e. The van der Waals surface area contributed by atoms with Crippen molar-refractivity contribution in [3.63, 3.8) is 0 Å². The quantitative estimate of drug-likeness (QED) is 0.841. The maximum absolute atomic E-state index is 11.9. The summed E-state index contributed by atoms with van der Waals surface area (Å²) in [7, 11) is 0. The van der Waals surface area contributed by atoms with E-state index in [9.17, 15) is 4.79 Å². The SMILES string of the molecule is O=C(NCc1cccnc1)NCC1CN(Cc2ccccc2)CCO1. The highest BCUT2D eigenvalue weighted by Gasteiger charge is 2.20. The summed E-state index contributed by atoms with van der Waals surface area (Å²) in [5.41, 5.74) is 2.27. The van der Waals surface area contributed by atoms with Gasteiger partial charge in [-0.25, -0.2) is 4.79 Å². The molecule has 6 heteroatoms. The van der Waals surface area contributed by atoms with Gasteiger partial charge in [-0.1, -0.05) is 36.4 Å². The van der Waals surface area contributed by atoms with Crippen molar-refractivity contribution in [2.75, 3.05) is 26.2 Å². The average Bonchev–Trinajstić information content (AvgIpc) is 2.67. The molecule has 2 aromatic rings. The maximum Gasteiger partial charge on any atom is 0.315 e. The van der Waals surface area contributed by atoms with Crippen LogP contribution in [0.4, 0.5) is 4.79 Å². The molecule has 0 saturated carbocycles. The van der Waals surface area contributed by atoms with Crippen LogP contribution in [0.25, 0.3) is 0 Å². The Labute approximate surface area is 148 Å². The maximum atomic E-state index is 11.9. The van der Waals surface area contributed by atoms with Gasteiger partial charge in [-0.05, 0) is 17.2 Å². The number of benzene rings is 1. The minimum atomic E-state index is -0.187. The fraction of sp³-hybridized carbons (Fsp3) is 0.368. The Bertz CT molecular complexity index is 651. The Hall–Kier alpha value is -2.44. The number of pyridine rings is 1. The lowest BCUT2D eigenvalue weighted by Crippen LogP contribution is -2.48. The molecule has 1 atom stereocenters. The first-order valence-electron chi connectivity index (χ1n) is 8.58. The molecule has 1 aliphatic heterocycles. The van der Waals surface area contributed by atoms with Gasteiger partial charge in [0.15, 0.2) is 0 Å². The van der Waals surface area contributed by atoms with Gasteiger partial charge in [-0.15, -0.1) is 0 Å². The van der Waals surface area contributed by atoms with Crippen molar-refractivity contribution in [1.82, 2.24) is 20.5 Å². The molecule has 6 nitrogen and oxygen atoms in total. The molecule has 25 heavy (non-hydrogen) atoms. The smallest absolute Gasteiger partial charge is 0.315 e. The molecule has 132 valence electrons. The predicted molar refractivity (Wildman–Crippen MR) is 95.9 cm³/mol. The first-order chi connectivity index (χ1) is 12.3. The van der Waals surface area contributed by atoms with Crippen molar-refractivity contribution in [2.24, 2.45) is 0 Å². The fourth-order valence-electron chi connectivity index (χ4n) is 2.84. The van der Waals surface area contributed by atoms with E-state index >= 15 is 0 Å². The van der Waals surface area contributed by atoms with Crippen molar-refractivity contribution >= 4 is 6.03 Å². The monoisotopic (exact) mass is 340 g/mol. The van der Waals surface area contributed by atoms with E-state index < -0.39 is 0 Å². The third kappa shape index (κ3) is 5.85. The summed E-state index contributed by atoms with van der Waals surface area (Å²) in [6, 6.07) is 14.0. The Morgan fingerprint density at radius 2 is 2.00 bits per heavy atom. The summed E-state index contributed by atoms with van der Waals surface area (Å²) in [5, 5.41) is 5.72. The molecular weight excluding hydrogens is 316 g/mol. The Kier molecular flexibility index (Phi) is 6.36. The second kappa shape index (κ2) is 9.15. The van der Waals surface area contributed by atoms with E-state index in [-0.39, 0.29) is 12.1 Å². The number of hydrogen-bond acceptors (Lipinski definition) is 4. The molecule has 2 N–H and O–H groups in total. The molecule has 1 aliphatic rings. The van der Waals surface area contributed by atoms with Crippen LogP contribution in [0.5, 0.6) is 0 Å². The molecule has 1 fully saturated rings. The molecule has 0 aliphatic carbocycles. The highest BCUT2D eigenvalue weighted by Crippen LogP contribution is 2.10. The molecule has 0 bridgehead atoms. The van der Waals surface area contributed by atoms with Crippen LogP contribution in [-0.4, -0.2) is 48.3 Å². The Morgan fingerprint density at radius 3 is 2.80 bits per heavy atom. The van der Waals surface area contributed by atoms with Crippen molar-refractivity contribution in [1.29, 1.82) is 0 Å². The number of nitrogens with one attached hydrogen (secondary N) is 2. The van der Waals surface area contributed by atoms with E-state index in [2.05, 4.69) is 44.8 Å². The summed E-state index contributed by atoms with van der Waals surface area (Å²) in [5.74, 6) is 0. The van der Waals surface area contributed by atoms with Crippen LogP contribution in [0, 0.1) is 0 Å². The molecule has 2 amide bonds. The number of urea groups is 1. The minimum absolute atomic E-state index is 0.0154. The van der Waals surface area contributed by atoms with E-state index in [1.54, 1.807) is 12.4 Å². The van der Waals surface area contributed by atoms with Crippen molar-refractivity contribution in [3.8, 4) is 0 Å². The number of ether oxygens (including phenoxy) is 1. The fourth-order valence-corrected chi connectivity index (χ4v) is 2.84. The van der Waals surface area contributed by atoms with Gasteiger partial charge < -0.3 is 15.4 Å². The lowest BCUT2D eigenvalue weighted by molar-refractivity contribution is -0.0287. The zero-order valence-electron chi connectivity index (χ0n) is 14.2. The third-order valence-corrected chi connectivity index (χ3v) is 4.14. The number of rotatable bonds is 6. The summed E-state index contributed by atoms with van der Waals surface area (Å²) < 4.78 is 5.76. The standard InChI is InChI=1S/C19H24N4O2/c24-19(21-12-17-7-4-8-20-11-17)22-13-18-15-23(9-10-25-18)14-16-5-2-1-3-6-16/h1-8,11,18H,9-10,12-15H2,(H2,21,22,24). The van der Waals surface area contributed by atoms with Crippen LogP contribution >= 0.6 is 0 Å². The van der Waals surface area contributed by atoms with Crippen molar-refractivity contribution < 1.29 is 9.53 Å². The number of carbonyl (C=O) groups is 1. The van der Waals surface area contributed by atoms with E-state index in [1.165, 1.54) is 5.56 Å². The zero-order chi connectivity index (χ0) is 17.3. The van der Waals surface area contributed by atoms with Crippen molar-refractivity contribution in [2.45, 2.75) is 19.2 Å². The number of nitrogens with zero attached hydrogens (tertiary/aromatic N) is 2. The molecule has 1 aromatic heterocycles. The molecule has 1 unspecified atom stereocenters. The van der Waals surface area contributed by atoms with Gasteiger partial charge in [0.2, 0.25) is 0 Å². The highest BCUT2D eigenvalue weighted by molar-refractivity contribution is 5.73. The van der Waals surface area contributed by atoms with Crippen molar-refractivity contribution in [3.05, 3.63) is 66.0 Å². The second-order valence-corrected chi connectivity index (χ2v) is 6.14. The average molecular weight is 340 g/mol. The lowest BCUT2D eigenvalue weighted by Gasteiger charge is -2.33. The number of morpholine rings is 1. The number of amides is 2. The van der Waals surface area contributed by atoms with Gasteiger partial charge >= 0.3 is 6.03 Å². The second-order valence-electron chi connectivity index (χ2n) is 6.14. The number of aromatic nitrogens is 1. The highest BCUT2D eigenvalue weighted by atomic mass is 16.5. The molecule has 3 rings (SSSR count). The first kappa shape index (κ1) is 17.4. The number of hydrogen-bond donors (Lipinski definition) is 2. The molecule has 0 spiro atoms. The van der Waals surface area contributed by atoms with Gasteiger partial charge in [0, 0.05) is 45.1 Å². The van der Waals surface area contributed by atoms with Crippen LogP contribution in [0.3, 0.4) is 0 Å². The summed E-state index contributed by atoms with van der Waals surface area (Å²) in [6.07, 6.45) is 3.47. The summed E-state index contributed by atoms with van der Waals surface area (Å²) in [6.45, 7) is 4.30. The van der Waals surface area contributed by atoms with Crippen LogP contribution in [0.1, 0.15) is 11.1 Å². The molecular formula is C19H24N4O2. The van der Waals surface area contributed by atoms with Gasteiger partial charge in [0.25, 0.3) is 0 Å². The topological polar surface area (TPSA) is 66.5 Å². The van der Waals surface area contributed by atoms with E-state index in [4.69, 9.17) is 4.74 Å². The lowest BCUT2D eigenvalue weighted by atomic mass is 10.2. The van der Waals surface area contributed by atoms with Crippen LogP contribution in [0.2, 0.25) is 0 Å². The third-order valence-electron chi connectivity index (χ3n) is 4.14. The van der Waals surface area contributed by atoms with E-state index in [0.717, 1.165) is 25.2 Å². The minimum Gasteiger partial charge on any atom is -0.374 e. The zero-order valence-corrected chi connectivity index (χ0v) is 14.2. The Morgan fingerprint density at radius 1 is 1.16 bits per heavy atom. The van der Waals surface area contributed by atoms with Crippen LogP contribution in [0.15, 0.2) is 54.9 Å². The van der Waals surface area contributed by atoms with Crippen LogP contribution in [-0.2, 0) is 17.8 Å². The van der Waals surface area contributed by atoms with Gasteiger partial charge in [0.05, 0.1) is 12.7 Å². The normalized spacial score (nSPS) is 17.8. The Balaban J connectivity index is 1.38. The molecule has 2 heterocycles. The van der Waals surface area contributed by atoms with Gasteiger partial charge in [-0.3, -0.25) is 9.88 Å². The summed E-state index contributed by atoms with van der Waals surface area (Å²) in [4.78, 5) is 18.3. The van der Waals surface area contributed by atoms with Crippen LogP contribution < -0.4 is 10.6 Å². The van der Waals surface area contributed by atoms with Gasteiger partial charge in [-0.2, -0.15) is 0 Å². The molecule has 0 radical (unpaired) electrons. The molecule has 1 aromatic carbocycles. The van der Waals surface area contributed by atoms with Gasteiger partial charge in [0.1, 0.15) is 0 Å².